The number of ether oxygens (including phenoxy) is 3. The lowest BCUT2D eigenvalue weighted by atomic mass is 10.1. The number of aliphatic imine (C=N–C) groups is 1. The number of likely N-dealkylation sites (N-methyl/N-ethyl adjacent to an activating group) is 1. The number of benzene rings is 2. The van der Waals surface area contributed by atoms with E-state index in [1.807, 2.05) is 48.5 Å². The van der Waals surface area contributed by atoms with Gasteiger partial charge in [0.05, 0.1) is 4.91 Å². The van der Waals surface area contributed by atoms with E-state index >= 15 is 0 Å². The summed E-state index contributed by atoms with van der Waals surface area (Å²) in [6, 6.07) is 13.4. The Morgan fingerprint density at radius 1 is 1.22 bits per heavy atom. The summed E-state index contributed by atoms with van der Waals surface area (Å²) >= 11 is 1.36. The van der Waals surface area contributed by atoms with Crippen molar-refractivity contribution in [2.45, 2.75) is 6.61 Å². The molecule has 27 heavy (non-hydrogen) atoms. The van der Waals surface area contributed by atoms with Gasteiger partial charge in [0.15, 0.2) is 16.7 Å². The van der Waals surface area contributed by atoms with Gasteiger partial charge in [-0.1, -0.05) is 24.3 Å². The quantitative estimate of drug-likeness (QED) is 0.757. The summed E-state index contributed by atoms with van der Waals surface area (Å²) in [4.78, 5) is 18.7. The van der Waals surface area contributed by atoms with Gasteiger partial charge in [-0.15, -0.1) is 0 Å². The van der Waals surface area contributed by atoms with Gasteiger partial charge in [0.25, 0.3) is 5.91 Å². The van der Waals surface area contributed by atoms with Crippen LogP contribution in [-0.4, -0.2) is 36.9 Å². The van der Waals surface area contributed by atoms with Crippen LogP contribution in [0.4, 0.5) is 0 Å². The van der Waals surface area contributed by atoms with E-state index in [9.17, 15) is 4.79 Å². The molecule has 2 aliphatic heterocycles. The highest BCUT2D eigenvalue weighted by Crippen LogP contribution is 2.34. The van der Waals surface area contributed by atoms with Crippen LogP contribution in [-0.2, 0) is 11.4 Å². The van der Waals surface area contributed by atoms with E-state index in [0.29, 0.717) is 22.4 Å². The molecule has 0 aliphatic carbocycles. The van der Waals surface area contributed by atoms with E-state index in [1.54, 1.807) is 19.0 Å². The molecule has 1 amide bonds. The molecular formula is C20H18N2O4S. The van der Waals surface area contributed by atoms with Crippen molar-refractivity contribution in [1.29, 1.82) is 0 Å². The van der Waals surface area contributed by atoms with E-state index in [2.05, 4.69) is 4.99 Å². The molecule has 2 aromatic carbocycles. The molecule has 0 radical (unpaired) electrons. The lowest BCUT2D eigenvalue weighted by molar-refractivity contribution is -0.121. The molecule has 0 spiro atoms. The molecule has 2 aromatic rings. The van der Waals surface area contributed by atoms with Crippen molar-refractivity contribution in [3.8, 4) is 17.2 Å². The number of para-hydroxylation sites is 1. The van der Waals surface area contributed by atoms with Crippen LogP contribution in [0.25, 0.3) is 6.08 Å². The minimum Gasteiger partial charge on any atom is -0.488 e. The highest BCUT2D eigenvalue weighted by molar-refractivity contribution is 8.18. The van der Waals surface area contributed by atoms with E-state index in [-0.39, 0.29) is 12.7 Å². The van der Waals surface area contributed by atoms with Gasteiger partial charge in [0.1, 0.15) is 12.4 Å². The van der Waals surface area contributed by atoms with Crippen LogP contribution in [0, 0.1) is 0 Å². The lowest BCUT2D eigenvalue weighted by Crippen LogP contribution is -2.23. The van der Waals surface area contributed by atoms with E-state index in [4.69, 9.17) is 14.2 Å². The Kier molecular flexibility index (Phi) is 4.77. The summed E-state index contributed by atoms with van der Waals surface area (Å²) in [6.07, 6.45) is 1.84. The van der Waals surface area contributed by atoms with Crippen molar-refractivity contribution in [3.63, 3.8) is 0 Å². The first-order valence-corrected chi connectivity index (χ1v) is 9.22. The molecule has 0 atom stereocenters. The van der Waals surface area contributed by atoms with Crippen LogP contribution in [0.5, 0.6) is 17.2 Å². The maximum absolute atomic E-state index is 12.4. The second-order valence-corrected chi connectivity index (χ2v) is 7.00. The minimum atomic E-state index is -0.0637. The van der Waals surface area contributed by atoms with E-state index in [0.717, 1.165) is 22.6 Å². The third-order valence-corrected chi connectivity index (χ3v) is 5.38. The number of fused-ring (bicyclic) bond motifs is 1. The van der Waals surface area contributed by atoms with Gasteiger partial charge in [0.2, 0.25) is 6.79 Å². The molecule has 0 aromatic heterocycles. The zero-order valence-corrected chi connectivity index (χ0v) is 15.8. The first-order valence-electron chi connectivity index (χ1n) is 8.40. The van der Waals surface area contributed by atoms with Gasteiger partial charge < -0.3 is 14.2 Å². The smallest absolute Gasteiger partial charge is 0.266 e. The van der Waals surface area contributed by atoms with Crippen LogP contribution >= 0.6 is 11.8 Å². The molecule has 0 bridgehead atoms. The first kappa shape index (κ1) is 17.5. The standard InChI is InChI=1S/C20H18N2O4S/c1-21-20-22(2)19(23)18(27-20)10-14-5-3-4-6-15(14)24-11-13-7-8-16-17(9-13)26-12-25-16/h3-10H,11-12H2,1-2H3/b18-10-,21-20?. The van der Waals surface area contributed by atoms with Crippen molar-refractivity contribution in [3.05, 3.63) is 58.5 Å². The van der Waals surface area contributed by atoms with E-state index in [1.165, 1.54) is 11.8 Å². The molecular weight excluding hydrogens is 364 g/mol. The molecule has 1 saturated heterocycles. The highest BCUT2D eigenvalue weighted by Gasteiger charge is 2.29. The molecule has 138 valence electrons. The predicted molar refractivity (Wildman–Crippen MR) is 105 cm³/mol. The number of rotatable bonds is 4. The average Bonchev–Trinajstić information content (AvgIpc) is 3.26. The average molecular weight is 382 g/mol. The second kappa shape index (κ2) is 7.36. The third kappa shape index (κ3) is 3.50. The van der Waals surface area contributed by atoms with Gasteiger partial charge >= 0.3 is 0 Å². The third-order valence-electron chi connectivity index (χ3n) is 4.23. The Balaban J connectivity index is 1.53. The number of nitrogens with zero attached hydrogens (tertiary/aromatic N) is 2. The zero-order chi connectivity index (χ0) is 18.8. The summed E-state index contributed by atoms with van der Waals surface area (Å²) in [6.45, 7) is 0.638. The maximum Gasteiger partial charge on any atom is 0.266 e. The highest BCUT2D eigenvalue weighted by atomic mass is 32.2. The maximum atomic E-state index is 12.4. The zero-order valence-electron chi connectivity index (χ0n) is 15.0. The van der Waals surface area contributed by atoms with Crippen molar-refractivity contribution >= 4 is 28.9 Å². The fraction of sp³-hybridized carbons (Fsp3) is 0.200. The molecule has 7 heteroatoms. The Bertz CT molecular complexity index is 955. The van der Waals surface area contributed by atoms with Crippen LogP contribution in [0.15, 0.2) is 52.4 Å². The monoisotopic (exact) mass is 382 g/mol. The summed E-state index contributed by atoms with van der Waals surface area (Å²) in [5.41, 5.74) is 1.83. The predicted octanol–water partition coefficient (Wildman–Crippen LogP) is 3.53. The number of amidine groups is 1. The first-order chi connectivity index (χ1) is 13.2. The van der Waals surface area contributed by atoms with Gasteiger partial charge in [-0.25, -0.2) is 0 Å². The van der Waals surface area contributed by atoms with E-state index < -0.39 is 0 Å². The number of carbonyl (C=O) groups excluding carboxylic acids is 1. The number of thioether (sulfide) groups is 1. The van der Waals surface area contributed by atoms with Gasteiger partial charge in [-0.2, -0.15) is 0 Å². The molecule has 1 fully saturated rings. The Morgan fingerprint density at radius 2 is 2.04 bits per heavy atom. The Labute approximate surface area is 161 Å². The minimum absolute atomic E-state index is 0.0637. The summed E-state index contributed by atoms with van der Waals surface area (Å²) in [5.74, 6) is 2.12. The normalized spacial score (nSPS) is 18.6. The van der Waals surface area contributed by atoms with Crippen molar-refractivity contribution < 1.29 is 19.0 Å². The van der Waals surface area contributed by atoms with Crippen LogP contribution in [0.1, 0.15) is 11.1 Å². The van der Waals surface area contributed by atoms with Crippen LogP contribution in [0.3, 0.4) is 0 Å². The van der Waals surface area contributed by atoms with Gasteiger partial charge in [-0.05, 0) is 41.6 Å². The molecule has 2 heterocycles. The fourth-order valence-electron chi connectivity index (χ4n) is 2.81. The number of amides is 1. The van der Waals surface area contributed by atoms with Gasteiger partial charge in [0, 0.05) is 19.7 Å². The second-order valence-electron chi connectivity index (χ2n) is 6.00. The molecule has 4 rings (SSSR count). The summed E-state index contributed by atoms with van der Waals surface area (Å²) in [5, 5.41) is 0.685. The fourth-order valence-corrected chi connectivity index (χ4v) is 3.73. The van der Waals surface area contributed by atoms with Crippen molar-refractivity contribution in [1.82, 2.24) is 4.90 Å². The number of carbonyl (C=O) groups is 1. The Morgan fingerprint density at radius 3 is 2.85 bits per heavy atom. The SMILES string of the molecule is CN=C1S/C(=C\c2ccccc2OCc2ccc3c(c2)OCO3)C(=O)N1C. The van der Waals surface area contributed by atoms with Crippen molar-refractivity contribution in [2.24, 2.45) is 4.99 Å². The van der Waals surface area contributed by atoms with Gasteiger partial charge in [-0.3, -0.25) is 14.7 Å². The molecule has 2 aliphatic rings. The molecule has 6 nitrogen and oxygen atoms in total. The largest absolute Gasteiger partial charge is 0.488 e. The topological polar surface area (TPSA) is 60.4 Å². The van der Waals surface area contributed by atoms with Crippen molar-refractivity contribution in [2.75, 3.05) is 20.9 Å². The van der Waals surface area contributed by atoms with Crippen LogP contribution < -0.4 is 14.2 Å². The Hall–Kier alpha value is -2.93. The summed E-state index contributed by atoms with van der Waals surface area (Å²) in [7, 11) is 3.40. The number of hydrogen-bond acceptors (Lipinski definition) is 6. The molecule has 0 N–H and O–H groups in total. The lowest BCUT2D eigenvalue weighted by Gasteiger charge is -2.10. The molecule has 0 saturated carbocycles. The summed E-state index contributed by atoms with van der Waals surface area (Å²) < 4.78 is 16.7. The molecule has 0 unspecified atom stereocenters. The number of hydrogen-bond donors (Lipinski definition) is 0. The van der Waals surface area contributed by atoms with Crippen LogP contribution in [0.2, 0.25) is 0 Å².